The Kier molecular flexibility index (Phi) is 3.38. The molecule has 0 radical (unpaired) electrons. The van der Waals surface area contributed by atoms with Crippen LogP contribution in [-0.2, 0) is 0 Å². The predicted molar refractivity (Wildman–Crippen MR) is 65.6 cm³/mol. The number of halogens is 3. The normalized spacial score (nSPS) is 10.2. The standard InChI is InChI=1S/C12H7F2IO/c13-8-1-3-9(4-2-8)16-10-5-6-12(15)11(14)7-10/h1-7H. The molecule has 0 fully saturated rings. The molecule has 0 aromatic heterocycles. The maximum atomic E-state index is 13.2. The summed E-state index contributed by atoms with van der Waals surface area (Å²) in [6, 6.07) is 10.1. The van der Waals surface area contributed by atoms with Crippen molar-refractivity contribution in [3.63, 3.8) is 0 Å². The van der Waals surface area contributed by atoms with E-state index in [2.05, 4.69) is 0 Å². The number of rotatable bonds is 2. The number of hydrogen-bond donors (Lipinski definition) is 0. The van der Waals surface area contributed by atoms with Crippen molar-refractivity contribution in [2.45, 2.75) is 0 Å². The van der Waals surface area contributed by atoms with E-state index in [1.807, 2.05) is 22.6 Å². The van der Waals surface area contributed by atoms with Crippen molar-refractivity contribution in [3.05, 3.63) is 57.7 Å². The van der Waals surface area contributed by atoms with Crippen LogP contribution in [0.5, 0.6) is 11.5 Å². The summed E-state index contributed by atoms with van der Waals surface area (Å²) >= 11 is 1.90. The molecular formula is C12H7F2IO. The Morgan fingerprint density at radius 2 is 1.50 bits per heavy atom. The van der Waals surface area contributed by atoms with Crippen molar-refractivity contribution in [2.24, 2.45) is 0 Å². The molecular weight excluding hydrogens is 325 g/mol. The zero-order valence-corrected chi connectivity index (χ0v) is 10.2. The minimum absolute atomic E-state index is 0.332. The van der Waals surface area contributed by atoms with E-state index >= 15 is 0 Å². The highest BCUT2D eigenvalue weighted by molar-refractivity contribution is 14.1. The lowest BCUT2D eigenvalue weighted by Gasteiger charge is -2.05. The first kappa shape index (κ1) is 11.3. The van der Waals surface area contributed by atoms with Crippen molar-refractivity contribution < 1.29 is 13.5 Å². The minimum atomic E-state index is -0.333. The van der Waals surface area contributed by atoms with E-state index in [9.17, 15) is 8.78 Å². The van der Waals surface area contributed by atoms with Gasteiger partial charge in [0.05, 0.1) is 0 Å². The molecule has 0 bridgehead atoms. The smallest absolute Gasteiger partial charge is 0.140 e. The van der Waals surface area contributed by atoms with Crippen LogP contribution in [0.25, 0.3) is 0 Å². The van der Waals surface area contributed by atoms with Gasteiger partial charge in [-0.05, 0) is 59.0 Å². The molecule has 0 saturated heterocycles. The van der Waals surface area contributed by atoms with Gasteiger partial charge in [-0.15, -0.1) is 0 Å². The summed E-state index contributed by atoms with van der Waals surface area (Å²) in [4.78, 5) is 0. The quantitative estimate of drug-likeness (QED) is 0.743. The maximum Gasteiger partial charge on any atom is 0.140 e. The van der Waals surface area contributed by atoms with E-state index < -0.39 is 0 Å². The second kappa shape index (κ2) is 4.78. The summed E-state index contributed by atoms with van der Waals surface area (Å²) in [5.74, 6) is 0.202. The van der Waals surface area contributed by atoms with Crippen molar-refractivity contribution in [1.29, 1.82) is 0 Å². The van der Waals surface area contributed by atoms with Crippen LogP contribution >= 0.6 is 22.6 Å². The number of hydrogen-bond acceptors (Lipinski definition) is 1. The van der Waals surface area contributed by atoms with Gasteiger partial charge in [0.1, 0.15) is 23.1 Å². The highest BCUT2D eigenvalue weighted by atomic mass is 127. The molecule has 0 N–H and O–H groups in total. The molecule has 0 saturated carbocycles. The molecule has 1 nitrogen and oxygen atoms in total. The van der Waals surface area contributed by atoms with Crippen LogP contribution in [0.4, 0.5) is 8.78 Å². The third-order valence-electron chi connectivity index (χ3n) is 1.94. The van der Waals surface area contributed by atoms with Gasteiger partial charge in [0.15, 0.2) is 0 Å². The van der Waals surface area contributed by atoms with Crippen LogP contribution < -0.4 is 4.74 Å². The first-order chi connectivity index (χ1) is 7.65. The lowest BCUT2D eigenvalue weighted by Crippen LogP contribution is -1.87. The van der Waals surface area contributed by atoms with Crippen LogP contribution in [0.3, 0.4) is 0 Å². The van der Waals surface area contributed by atoms with Crippen molar-refractivity contribution in [1.82, 2.24) is 0 Å². The van der Waals surface area contributed by atoms with Gasteiger partial charge in [0, 0.05) is 9.64 Å². The Morgan fingerprint density at radius 3 is 2.12 bits per heavy atom. The van der Waals surface area contributed by atoms with Gasteiger partial charge in [-0.1, -0.05) is 0 Å². The third-order valence-corrected chi connectivity index (χ3v) is 2.82. The summed E-state index contributed by atoms with van der Waals surface area (Å²) in [5, 5.41) is 0. The monoisotopic (exact) mass is 332 g/mol. The van der Waals surface area contributed by atoms with Crippen molar-refractivity contribution >= 4 is 22.6 Å². The summed E-state index contributed by atoms with van der Waals surface area (Å²) in [6.45, 7) is 0. The highest BCUT2D eigenvalue weighted by Crippen LogP contribution is 2.24. The molecule has 2 rings (SSSR count). The second-order valence-corrected chi connectivity index (χ2v) is 4.29. The average Bonchev–Trinajstić information content (AvgIpc) is 2.27. The van der Waals surface area contributed by atoms with E-state index in [-0.39, 0.29) is 11.6 Å². The minimum Gasteiger partial charge on any atom is -0.457 e. The maximum absolute atomic E-state index is 13.2. The Hall–Kier alpha value is -1.17. The number of ether oxygens (including phenoxy) is 1. The van der Waals surface area contributed by atoms with E-state index in [0.717, 1.165) is 0 Å². The summed E-state index contributed by atoms with van der Waals surface area (Å²) in [6.07, 6.45) is 0. The summed E-state index contributed by atoms with van der Waals surface area (Å²) in [5.41, 5.74) is 0. The predicted octanol–water partition coefficient (Wildman–Crippen LogP) is 4.36. The van der Waals surface area contributed by atoms with Gasteiger partial charge in [-0.3, -0.25) is 0 Å². The SMILES string of the molecule is Fc1ccc(Oc2ccc(I)c(F)c2)cc1. The summed E-state index contributed by atoms with van der Waals surface area (Å²) < 4.78 is 31.7. The molecule has 4 heteroatoms. The van der Waals surface area contributed by atoms with Gasteiger partial charge in [0.25, 0.3) is 0 Å². The van der Waals surface area contributed by atoms with Crippen LogP contribution in [0.15, 0.2) is 42.5 Å². The topological polar surface area (TPSA) is 9.23 Å². The molecule has 0 atom stereocenters. The lowest BCUT2D eigenvalue weighted by atomic mass is 10.3. The lowest BCUT2D eigenvalue weighted by molar-refractivity contribution is 0.474. The molecule has 0 aliphatic heterocycles. The van der Waals surface area contributed by atoms with Gasteiger partial charge < -0.3 is 4.74 Å². The Balaban J connectivity index is 2.20. The summed E-state index contributed by atoms with van der Waals surface area (Å²) in [7, 11) is 0. The Bertz CT molecular complexity index is 497. The van der Waals surface area contributed by atoms with E-state index in [1.165, 1.54) is 30.3 Å². The van der Waals surface area contributed by atoms with E-state index in [0.29, 0.717) is 15.1 Å². The third kappa shape index (κ3) is 2.69. The number of benzene rings is 2. The fourth-order valence-corrected chi connectivity index (χ4v) is 1.51. The van der Waals surface area contributed by atoms with E-state index in [4.69, 9.17) is 4.74 Å². The molecule has 0 heterocycles. The molecule has 0 aliphatic carbocycles. The van der Waals surface area contributed by atoms with Crippen LogP contribution in [-0.4, -0.2) is 0 Å². The van der Waals surface area contributed by atoms with Crippen LogP contribution in [0, 0.1) is 15.2 Å². The molecule has 0 amide bonds. The first-order valence-corrected chi connectivity index (χ1v) is 5.61. The van der Waals surface area contributed by atoms with Crippen LogP contribution in [0.1, 0.15) is 0 Å². The average molecular weight is 332 g/mol. The van der Waals surface area contributed by atoms with Crippen molar-refractivity contribution in [2.75, 3.05) is 0 Å². The molecule has 2 aromatic rings. The molecule has 2 aromatic carbocycles. The molecule has 0 spiro atoms. The van der Waals surface area contributed by atoms with E-state index in [1.54, 1.807) is 12.1 Å². The van der Waals surface area contributed by atoms with Gasteiger partial charge in [-0.2, -0.15) is 0 Å². The van der Waals surface area contributed by atoms with Gasteiger partial charge in [0.2, 0.25) is 0 Å². The first-order valence-electron chi connectivity index (χ1n) is 4.53. The molecule has 0 aliphatic rings. The fourth-order valence-electron chi connectivity index (χ4n) is 1.18. The Labute approximate surface area is 105 Å². The molecule has 16 heavy (non-hydrogen) atoms. The zero-order valence-electron chi connectivity index (χ0n) is 8.08. The van der Waals surface area contributed by atoms with Gasteiger partial charge >= 0.3 is 0 Å². The second-order valence-electron chi connectivity index (χ2n) is 3.13. The van der Waals surface area contributed by atoms with Crippen molar-refractivity contribution in [3.8, 4) is 11.5 Å². The molecule has 82 valence electrons. The Morgan fingerprint density at radius 1 is 0.875 bits per heavy atom. The zero-order chi connectivity index (χ0) is 11.5. The van der Waals surface area contributed by atoms with Crippen LogP contribution in [0.2, 0.25) is 0 Å². The van der Waals surface area contributed by atoms with Gasteiger partial charge in [-0.25, -0.2) is 8.78 Å². The largest absolute Gasteiger partial charge is 0.457 e. The fraction of sp³-hybridized carbons (Fsp3) is 0. The highest BCUT2D eigenvalue weighted by Gasteiger charge is 2.02. The molecule has 0 unspecified atom stereocenters.